The number of hydrogen-bond donors (Lipinski definition) is 0. The molecule has 1 aliphatic heterocycles. The predicted octanol–water partition coefficient (Wildman–Crippen LogP) is 2.47. The largest absolute Gasteiger partial charge is 0.439 e. The molecule has 0 saturated carbocycles. The van der Waals surface area contributed by atoms with Crippen LogP contribution in [0, 0.1) is 5.92 Å². The van der Waals surface area contributed by atoms with Gasteiger partial charge in [0, 0.05) is 47.7 Å². The minimum atomic E-state index is -0.747. The van der Waals surface area contributed by atoms with Gasteiger partial charge < -0.3 is 9.64 Å². The van der Waals surface area contributed by atoms with Crippen molar-refractivity contribution in [2.75, 3.05) is 29.5 Å². The lowest BCUT2D eigenvalue weighted by molar-refractivity contribution is 0.460. The molecular formula is C16H19N3O2S. The Morgan fingerprint density at radius 1 is 1.27 bits per heavy atom. The smallest absolute Gasteiger partial charge is 0.228 e. The molecule has 22 heavy (non-hydrogen) atoms. The molecule has 0 aliphatic carbocycles. The highest BCUT2D eigenvalue weighted by atomic mass is 32.2. The summed E-state index contributed by atoms with van der Waals surface area (Å²) in [6.07, 6.45) is 1.70. The zero-order valence-corrected chi connectivity index (χ0v) is 13.3. The number of rotatable bonds is 3. The van der Waals surface area contributed by atoms with E-state index in [4.69, 9.17) is 4.74 Å². The van der Waals surface area contributed by atoms with Gasteiger partial charge in [-0.25, -0.2) is 4.98 Å². The van der Waals surface area contributed by atoms with Gasteiger partial charge in [-0.2, -0.15) is 4.98 Å². The van der Waals surface area contributed by atoms with Gasteiger partial charge in [0.1, 0.15) is 5.75 Å². The van der Waals surface area contributed by atoms with Crippen molar-refractivity contribution < 1.29 is 8.95 Å². The summed E-state index contributed by atoms with van der Waals surface area (Å²) in [6.45, 7) is 3.65. The normalized spacial score (nSPS) is 22.1. The van der Waals surface area contributed by atoms with E-state index >= 15 is 0 Å². The lowest BCUT2D eigenvalue weighted by atomic mass is 10.2. The van der Waals surface area contributed by atoms with Crippen molar-refractivity contribution in [2.24, 2.45) is 5.92 Å². The van der Waals surface area contributed by atoms with Crippen LogP contribution in [0.15, 0.2) is 42.6 Å². The zero-order valence-electron chi connectivity index (χ0n) is 12.5. The highest BCUT2D eigenvalue weighted by Gasteiger charge is 2.21. The van der Waals surface area contributed by atoms with E-state index in [-0.39, 0.29) is 0 Å². The van der Waals surface area contributed by atoms with E-state index in [9.17, 15) is 4.21 Å². The lowest BCUT2D eigenvalue weighted by Crippen LogP contribution is -2.30. The van der Waals surface area contributed by atoms with E-state index in [2.05, 4.69) is 21.8 Å². The number of para-hydroxylation sites is 1. The first-order chi connectivity index (χ1) is 10.7. The standard InChI is InChI=1S/C16H19N3O2S/c1-13-11-19(9-10-22(20)12-13)16-17-8-7-15(18-16)21-14-5-3-2-4-6-14/h2-8,13H,9-12H2,1H3/t13-,22+/m0/s1. The molecule has 0 amide bonds. The number of nitrogens with zero attached hydrogens (tertiary/aromatic N) is 3. The van der Waals surface area contributed by atoms with Crippen LogP contribution in [0.5, 0.6) is 11.6 Å². The summed E-state index contributed by atoms with van der Waals surface area (Å²) in [5, 5.41) is 0. The maximum Gasteiger partial charge on any atom is 0.228 e. The Bertz CT molecular complexity index is 651. The molecule has 0 N–H and O–H groups in total. The molecule has 2 atom stereocenters. The summed E-state index contributed by atoms with van der Waals surface area (Å²) in [5.74, 6) is 3.69. The molecule has 3 rings (SSSR count). The van der Waals surface area contributed by atoms with Gasteiger partial charge in [-0.15, -0.1) is 0 Å². The second-order valence-corrected chi connectivity index (χ2v) is 7.09. The summed E-state index contributed by atoms with van der Waals surface area (Å²) >= 11 is 0. The number of ether oxygens (including phenoxy) is 1. The maximum atomic E-state index is 11.8. The molecule has 2 heterocycles. The molecule has 5 nitrogen and oxygen atoms in total. The third-order valence-corrected chi connectivity index (χ3v) is 5.04. The van der Waals surface area contributed by atoms with E-state index in [1.165, 1.54) is 0 Å². The second-order valence-electron chi connectivity index (χ2n) is 5.47. The Hall–Kier alpha value is -1.95. The van der Waals surface area contributed by atoms with E-state index in [0.29, 0.717) is 30.0 Å². The average Bonchev–Trinajstić information content (AvgIpc) is 2.69. The molecule has 1 fully saturated rings. The number of aromatic nitrogens is 2. The fourth-order valence-corrected chi connectivity index (χ4v) is 3.80. The molecule has 116 valence electrons. The highest BCUT2D eigenvalue weighted by Crippen LogP contribution is 2.21. The average molecular weight is 317 g/mol. The second kappa shape index (κ2) is 6.87. The monoisotopic (exact) mass is 317 g/mol. The Morgan fingerprint density at radius 2 is 2.09 bits per heavy atom. The minimum Gasteiger partial charge on any atom is -0.439 e. The van der Waals surface area contributed by atoms with Crippen molar-refractivity contribution in [3.05, 3.63) is 42.6 Å². The first-order valence-electron chi connectivity index (χ1n) is 7.36. The van der Waals surface area contributed by atoms with Gasteiger partial charge in [0.2, 0.25) is 11.8 Å². The van der Waals surface area contributed by atoms with Crippen molar-refractivity contribution in [3.8, 4) is 11.6 Å². The predicted molar refractivity (Wildman–Crippen MR) is 87.8 cm³/mol. The summed E-state index contributed by atoms with van der Waals surface area (Å²) in [7, 11) is -0.747. The van der Waals surface area contributed by atoms with Crippen LogP contribution in [0.2, 0.25) is 0 Å². The van der Waals surface area contributed by atoms with Crippen molar-refractivity contribution in [1.82, 2.24) is 9.97 Å². The first-order valence-corrected chi connectivity index (χ1v) is 8.85. The fraction of sp³-hybridized carbons (Fsp3) is 0.375. The van der Waals surface area contributed by atoms with Gasteiger partial charge in [0.15, 0.2) is 0 Å². The van der Waals surface area contributed by atoms with Crippen molar-refractivity contribution in [2.45, 2.75) is 6.92 Å². The summed E-state index contributed by atoms with van der Waals surface area (Å²) in [4.78, 5) is 10.9. The van der Waals surface area contributed by atoms with E-state index in [0.717, 1.165) is 18.0 Å². The van der Waals surface area contributed by atoms with Gasteiger partial charge in [-0.3, -0.25) is 4.21 Å². The van der Waals surface area contributed by atoms with Crippen molar-refractivity contribution >= 4 is 16.7 Å². The van der Waals surface area contributed by atoms with Gasteiger partial charge in [0.05, 0.1) is 0 Å². The molecule has 1 saturated heterocycles. The Balaban J connectivity index is 1.77. The van der Waals surface area contributed by atoms with Crippen molar-refractivity contribution in [3.63, 3.8) is 0 Å². The number of benzene rings is 1. The van der Waals surface area contributed by atoms with E-state index in [1.807, 2.05) is 30.3 Å². The number of anilines is 1. The minimum absolute atomic E-state index is 0.366. The molecule has 0 unspecified atom stereocenters. The Kier molecular flexibility index (Phi) is 4.68. The molecular weight excluding hydrogens is 298 g/mol. The summed E-state index contributed by atoms with van der Waals surface area (Å²) in [5.41, 5.74) is 0. The van der Waals surface area contributed by atoms with Crippen LogP contribution in [0.25, 0.3) is 0 Å². The third kappa shape index (κ3) is 3.82. The molecule has 6 heteroatoms. The topological polar surface area (TPSA) is 55.3 Å². The van der Waals surface area contributed by atoms with Crippen LogP contribution in [0.1, 0.15) is 6.92 Å². The SMILES string of the molecule is C[C@H]1CN(c2nccc(Oc3ccccc3)n2)CC[S@@](=O)C1. The molecule has 2 aromatic rings. The lowest BCUT2D eigenvalue weighted by Gasteiger charge is -2.22. The molecule has 0 radical (unpaired) electrons. The van der Waals surface area contributed by atoms with Crippen LogP contribution in [0.3, 0.4) is 0 Å². The van der Waals surface area contributed by atoms with Gasteiger partial charge in [0.25, 0.3) is 0 Å². The van der Waals surface area contributed by atoms with E-state index in [1.54, 1.807) is 12.3 Å². The van der Waals surface area contributed by atoms with Gasteiger partial charge in [-0.05, 0) is 18.1 Å². The summed E-state index contributed by atoms with van der Waals surface area (Å²) in [6, 6.07) is 11.3. The van der Waals surface area contributed by atoms with Crippen molar-refractivity contribution in [1.29, 1.82) is 0 Å². The quantitative estimate of drug-likeness (QED) is 0.870. The van der Waals surface area contributed by atoms with Gasteiger partial charge in [-0.1, -0.05) is 25.1 Å². The molecule has 1 aromatic heterocycles. The fourth-order valence-electron chi connectivity index (χ4n) is 2.47. The Morgan fingerprint density at radius 3 is 2.91 bits per heavy atom. The first kappa shape index (κ1) is 15.0. The summed E-state index contributed by atoms with van der Waals surface area (Å²) < 4.78 is 17.5. The van der Waals surface area contributed by atoms with Crippen LogP contribution in [-0.2, 0) is 10.8 Å². The maximum absolute atomic E-state index is 11.8. The molecule has 1 aromatic carbocycles. The Labute approximate surface area is 132 Å². The highest BCUT2D eigenvalue weighted by molar-refractivity contribution is 7.85. The molecule has 1 aliphatic rings. The van der Waals surface area contributed by atoms with Crippen LogP contribution < -0.4 is 9.64 Å². The van der Waals surface area contributed by atoms with Crippen LogP contribution in [0.4, 0.5) is 5.95 Å². The van der Waals surface area contributed by atoms with Crippen LogP contribution >= 0.6 is 0 Å². The third-order valence-electron chi connectivity index (χ3n) is 3.46. The van der Waals surface area contributed by atoms with Crippen LogP contribution in [-0.4, -0.2) is 38.8 Å². The number of hydrogen-bond acceptors (Lipinski definition) is 5. The zero-order chi connectivity index (χ0) is 15.4. The van der Waals surface area contributed by atoms with E-state index < -0.39 is 10.8 Å². The molecule has 0 spiro atoms. The van der Waals surface area contributed by atoms with Gasteiger partial charge >= 0.3 is 0 Å². The molecule has 0 bridgehead atoms.